The summed E-state index contributed by atoms with van der Waals surface area (Å²) in [7, 11) is 0. The Morgan fingerprint density at radius 3 is 2.67 bits per heavy atom. The van der Waals surface area contributed by atoms with E-state index in [-0.39, 0.29) is 5.75 Å². The van der Waals surface area contributed by atoms with E-state index in [9.17, 15) is 4.39 Å². The smallest absolute Gasteiger partial charge is 0.115 e. The van der Waals surface area contributed by atoms with Gasteiger partial charge in [-0.1, -0.05) is 12.1 Å². The topological polar surface area (TPSA) is 20.2 Å². The van der Waals surface area contributed by atoms with E-state index in [1.807, 2.05) is 6.07 Å². The van der Waals surface area contributed by atoms with Crippen LogP contribution in [0.4, 0.5) is 4.39 Å². The summed E-state index contributed by atoms with van der Waals surface area (Å²) in [5.74, 6) is 0.599. The van der Waals surface area contributed by atoms with E-state index in [1.165, 1.54) is 0 Å². The molecule has 12 heavy (non-hydrogen) atoms. The second-order valence-electron chi connectivity index (χ2n) is 3.36. The molecule has 64 valence electrons. The second kappa shape index (κ2) is 2.77. The van der Waals surface area contributed by atoms with Crippen LogP contribution in [0.3, 0.4) is 0 Å². The van der Waals surface area contributed by atoms with Crippen LogP contribution in [-0.2, 0) is 0 Å². The van der Waals surface area contributed by atoms with Crippen LogP contribution in [0.2, 0.25) is 0 Å². The van der Waals surface area contributed by atoms with Gasteiger partial charge < -0.3 is 5.11 Å². The largest absolute Gasteiger partial charge is 0.508 e. The molecule has 0 bridgehead atoms. The monoisotopic (exact) mass is 166 g/mol. The lowest BCUT2D eigenvalue weighted by molar-refractivity contribution is 0.179. The SMILES string of the molecule is Oc1cccc(C2CC(F)C2)c1. The van der Waals surface area contributed by atoms with Crippen molar-refractivity contribution in [3.05, 3.63) is 29.8 Å². The summed E-state index contributed by atoms with van der Waals surface area (Å²) < 4.78 is 12.5. The maximum Gasteiger partial charge on any atom is 0.115 e. The molecule has 1 aliphatic rings. The minimum Gasteiger partial charge on any atom is -0.508 e. The van der Waals surface area contributed by atoms with Crippen LogP contribution in [-0.4, -0.2) is 11.3 Å². The quantitative estimate of drug-likeness (QED) is 0.679. The zero-order valence-electron chi connectivity index (χ0n) is 6.70. The fourth-order valence-corrected chi connectivity index (χ4v) is 1.60. The number of benzene rings is 1. The lowest BCUT2D eigenvalue weighted by Crippen LogP contribution is -2.22. The Balaban J connectivity index is 2.13. The average molecular weight is 166 g/mol. The summed E-state index contributed by atoms with van der Waals surface area (Å²) in [5, 5.41) is 9.15. The van der Waals surface area contributed by atoms with Crippen molar-refractivity contribution in [3.63, 3.8) is 0 Å². The summed E-state index contributed by atoms with van der Waals surface area (Å²) in [6.45, 7) is 0. The molecule has 0 saturated heterocycles. The van der Waals surface area contributed by atoms with E-state index in [0.29, 0.717) is 18.8 Å². The van der Waals surface area contributed by atoms with Gasteiger partial charge in [-0.15, -0.1) is 0 Å². The molecule has 0 atom stereocenters. The Labute approximate surface area is 70.8 Å². The van der Waals surface area contributed by atoms with Crippen LogP contribution in [0.5, 0.6) is 5.75 Å². The second-order valence-corrected chi connectivity index (χ2v) is 3.36. The molecule has 1 fully saturated rings. The molecule has 1 N–H and O–H groups in total. The van der Waals surface area contributed by atoms with Gasteiger partial charge in [-0.2, -0.15) is 0 Å². The van der Waals surface area contributed by atoms with Crippen molar-refractivity contribution < 1.29 is 9.50 Å². The minimum absolute atomic E-state index is 0.273. The van der Waals surface area contributed by atoms with Crippen LogP contribution < -0.4 is 0 Å². The predicted molar refractivity (Wildman–Crippen MR) is 45.0 cm³/mol. The van der Waals surface area contributed by atoms with Gasteiger partial charge in [-0.25, -0.2) is 4.39 Å². The minimum atomic E-state index is -0.627. The summed E-state index contributed by atoms with van der Waals surface area (Å²) in [6.07, 6.45) is 0.602. The van der Waals surface area contributed by atoms with Crippen molar-refractivity contribution >= 4 is 0 Å². The summed E-state index contributed by atoms with van der Waals surface area (Å²) in [4.78, 5) is 0. The molecule has 0 heterocycles. The van der Waals surface area contributed by atoms with E-state index in [4.69, 9.17) is 5.11 Å². The Morgan fingerprint density at radius 2 is 2.08 bits per heavy atom. The highest BCUT2D eigenvalue weighted by molar-refractivity contribution is 5.31. The van der Waals surface area contributed by atoms with Crippen LogP contribution in [0.25, 0.3) is 0 Å². The van der Waals surface area contributed by atoms with Crippen molar-refractivity contribution in [2.45, 2.75) is 24.9 Å². The van der Waals surface area contributed by atoms with Crippen LogP contribution in [0.15, 0.2) is 24.3 Å². The molecule has 1 aromatic carbocycles. The summed E-state index contributed by atoms with van der Waals surface area (Å²) in [6, 6.07) is 7.10. The van der Waals surface area contributed by atoms with Gasteiger partial charge in [0.2, 0.25) is 0 Å². The first kappa shape index (κ1) is 7.59. The lowest BCUT2D eigenvalue weighted by atomic mass is 9.78. The van der Waals surface area contributed by atoms with Gasteiger partial charge in [0.05, 0.1) is 0 Å². The van der Waals surface area contributed by atoms with Gasteiger partial charge in [0, 0.05) is 0 Å². The molecule has 2 rings (SSSR count). The van der Waals surface area contributed by atoms with E-state index >= 15 is 0 Å². The van der Waals surface area contributed by atoms with Gasteiger partial charge in [-0.3, -0.25) is 0 Å². The maximum absolute atomic E-state index is 12.5. The summed E-state index contributed by atoms with van der Waals surface area (Å²) in [5.41, 5.74) is 1.06. The third-order valence-electron chi connectivity index (χ3n) is 2.42. The number of hydrogen-bond acceptors (Lipinski definition) is 1. The number of rotatable bonds is 1. The van der Waals surface area contributed by atoms with Crippen LogP contribution in [0.1, 0.15) is 24.3 Å². The van der Waals surface area contributed by atoms with Gasteiger partial charge in [0.1, 0.15) is 11.9 Å². The molecule has 0 amide bonds. The molecule has 1 aromatic rings. The first-order chi connectivity index (χ1) is 5.75. The Kier molecular flexibility index (Phi) is 1.75. The zero-order valence-corrected chi connectivity index (χ0v) is 6.70. The summed E-state index contributed by atoms with van der Waals surface area (Å²) >= 11 is 0. The molecular formula is C10H11FO. The van der Waals surface area contributed by atoms with Crippen LogP contribution >= 0.6 is 0 Å². The fraction of sp³-hybridized carbons (Fsp3) is 0.400. The van der Waals surface area contributed by atoms with Gasteiger partial charge in [0.25, 0.3) is 0 Å². The van der Waals surface area contributed by atoms with E-state index in [2.05, 4.69) is 0 Å². The molecule has 2 heteroatoms. The normalized spacial score (nSPS) is 28.1. The number of alkyl halides is 1. The molecule has 0 unspecified atom stereocenters. The Hall–Kier alpha value is -1.05. The van der Waals surface area contributed by atoms with E-state index in [1.54, 1.807) is 18.2 Å². The van der Waals surface area contributed by atoms with Gasteiger partial charge in [0.15, 0.2) is 0 Å². The first-order valence-corrected chi connectivity index (χ1v) is 4.18. The average Bonchev–Trinajstić information content (AvgIpc) is 1.99. The van der Waals surface area contributed by atoms with Crippen molar-refractivity contribution in [1.82, 2.24) is 0 Å². The number of phenolic OH excluding ortho intramolecular Hbond substituents is 1. The van der Waals surface area contributed by atoms with Crippen LogP contribution in [0, 0.1) is 0 Å². The zero-order chi connectivity index (χ0) is 8.55. The van der Waals surface area contributed by atoms with E-state index in [0.717, 1.165) is 5.56 Å². The molecule has 0 aromatic heterocycles. The highest BCUT2D eigenvalue weighted by atomic mass is 19.1. The van der Waals surface area contributed by atoms with Crippen molar-refractivity contribution in [1.29, 1.82) is 0 Å². The van der Waals surface area contributed by atoms with Gasteiger partial charge >= 0.3 is 0 Å². The maximum atomic E-state index is 12.5. The molecule has 1 saturated carbocycles. The van der Waals surface area contributed by atoms with Crippen molar-refractivity contribution in [2.75, 3.05) is 0 Å². The number of hydrogen-bond donors (Lipinski definition) is 1. The highest BCUT2D eigenvalue weighted by Crippen LogP contribution is 2.39. The number of aromatic hydroxyl groups is 1. The predicted octanol–water partition coefficient (Wildman–Crippen LogP) is 2.61. The Morgan fingerprint density at radius 1 is 1.33 bits per heavy atom. The molecule has 1 nitrogen and oxygen atoms in total. The van der Waals surface area contributed by atoms with E-state index < -0.39 is 6.17 Å². The molecule has 0 aliphatic heterocycles. The molecule has 0 radical (unpaired) electrons. The van der Waals surface area contributed by atoms with Gasteiger partial charge in [-0.05, 0) is 36.5 Å². The lowest BCUT2D eigenvalue weighted by Gasteiger charge is -2.29. The number of halogens is 1. The third-order valence-corrected chi connectivity index (χ3v) is 2.42. The first-order valence-electron chi connectivity index (χ1n) is 4.18. The third kappa shape index (κ3) is 1.29. The molecular weight excluding hydrogens is 155 g/mol. The Bertz CT molecular complexity index is 279. The molecule has 1 aliphatic carbocycles. The standard InChI is InChI=1S/C10H11FO/c11-9-4-8(5-9)7-2-1-3-10(12)6-7/h1-3,6,8-9,12H,4-5H2. The van der Waals surface area contributed by atoms with Crippen molar-refractivity contribution in [2.24, 2.45) is 0 Å². The number of phenols is 1. The highest BCUT2D eigenvalue weighted by Gasteiger charge is 2.29. The fourth-order valence-electron chi connectivity index (χ4n) is 1.60. The molecule has 0 spiro atoms. The van der Waals surface area contributed by atoms with Crippen molar-refractivity contribution in [3.8, 4) is 5.75 Å².